The van der Waals surface area contributed by atoms with Crippen LogP contribution in [-0.4, -0.2) is 66.0 Å². The molecule has 6 N–H and O–H groups in total. The van der Waals surface area contributed by atoms with Gasteiger partial charge in [0.25, 0.3) is 0 Å². The van der Waals surface area contributed by atoms with Crippen molar-refractivity contribution >= 4 is 35.5 Å². The van der Waals surface area contributed by atoms with E-state index in [1.54, 1.807) is 11.8 Å². The molecule has 0 aromatic carbocycles. The first kappa shape index (κ1) is 23.2. The van der Waals surface area contributed by atoms with Crippen LogP contribution < -0.4 is 21.7 Å². The molecular formula is C15H28N4O5S. The largest absolute Gasteiger partial charge is 0.480 e. The maximum Gasteiger partial charge on any atom is 0.322 e. The molecule has 0 radical (unpaired) electrons. The molecule has 0 aliphatic heterocycles. The number of aliphatic carboxylic acids is 1. The van der Waals surface area contributed by atoms with Gasteiger partial charge in [-0.05, 0) is 30.8 Å². The van der Waals surface area contributed by atoms with E-state index in [1.807, 2.05) is 20.1 Å². The highest BCUT2D eigenvalue weighted by molar-refractivity contribution is 7.98. The minimum atomic E-state index is -1.17. The summed E-state index contributed by atoms with van der Waals surface area (Å²) >= 11 is 1.57. The van der Waals surface area contributed by atoms with E-state index < -0.39 is 42.3 Å². The van der Waals surface area contributed by atoms with Gasteiger partial charge in [0, 0.05) is 0 Å². The Balaban J connectivity index is 4.48. The molecule has 3 amide bonds. The molecule has 0 bridgehead atoms. The lowest BCUT2D eigenvalue weighted by molar-refractivity contribution is -0.138. The second-order valence-corrected chi connectivity index (χ2v) is 6.95. The number of carboxylic acid groups (broad SMARTS) is 1. The van der Waals surface area contributed by atoms with E-state index >= 15 is 0 Å². The number of carboxylic acids is 1. The van der Waals surface area contributed by atoms with Crippen LogP contribution in [0, 0.1) is 5.92 Å². The Morgan fingerprint density at radius 1 is 1.08 bits per heavy atom. The fourth-order valence-corrected chi connectivity index (χ4v) is 2.40. The third kappa shape index (κ3) is 11.4. The summed E-state index contributed by atoms with van der Waals surface area (Å²) in [6.07, 6.45) is 2.75. The van der Waals surface area contributed by atoms with E-state index in [2.05, 4.69) is 16.0 Å². The van der Waals surface area contributed by atoms with Gasteiger partial charge in [0.2, 0.25) is 17.7 Å². The average Bonchev–Trinajstić information content (AvgIpc) is 2.54. The monoisotopic (exact) mass is 376 g/mol. The molecule has 0 aliphatic carbocycles. The number of carbonyl (C=O) groups excluding carboxylic acids is 3. The lowest BCUT2D eigenvalue weighted by Crippen LogP contribution is -2.52. The minimum Gasteiger partial charge on any atom is -0.480 e. The lowest BCUT2D eigenvalue weighted by Gasteiger charge is -2.20. The molecule has 9 nitrogen and oxygen atoms in total. The summed E-state index contributed by atoms with van der Waals surface area (Å²) in [7, 11) is 0. The van der Waals surface area contributed by atoms with Crippen molar-refractivity contribution in [3.63, 3.8) is 0 Å². The van der Waals surface area contributed by atoms with Gasteiger partial charge in [-0.2, -0.15) is 11.8 Å². The second kappa shape index (κ2) is 12.5. The van der Waals surface area contributed by atoms with Crippen molar-refractivity contribution in [3.8, 4) is 0 Å². The fourth-order valence-electron chi connectivity index (χ4n) is 1.91. The van der Waals surface area contributed by atoms with Crippen LogP contribution in [0.2, 0.25) is 0 Å². The second-order valence-electron chi connectivity index (χ2n) is 5.97. The van der Waals surface area contributed by atoms with E-state index in [4.69, 9.17) is 10.8 Å². The molecule has 0 fully saturated rings. The number of carbonyl (C=O) groups is 4. The molecule has 25 heavy (non-hydrogen) atoms. The standard InChI is InChI=1S/C15H28N4O5S/c1-9(2)6-11(15(24)18-8-13(21)22)19-12(20)7-17-14(23)10(16)4-5-25-3/h9-11H,4-8,16H2,1-3H3,(H,17,23)(H,18,24)(H,19,20)(H,21,22). The van der Waals surface area contributed by atoms with E-state index in [9.17, 15) is 19.2 Å². The summed E-state index contributed by atoms with van der Waals surface area (Å²) in [5.41, 5.74) is 5.70. The van der Waals surface area contributed by atoms with Gasteiger partial charge >= 0.3 is 5.97 Å². The van der Waals surface area contributed by atoms with Crippen LogP contribution in [0.1, 0.15) is 26.7 Å². The van der Waals surface area contributed by atoms with Gasteiger partial charge < -0.3 is 26.8 Å². The van der Waals surface area contributed by atoms with Crippen molar-refractivity contribution in [2.75, 3.05) is 25.1 Å². The third-order valence-corrected chi connectivity index (χ3v) is 3.81. The number of thioether (sulfide) groups is 1. The number of nitrogens with one attached hydrogen (secondary N) is 3. The molecule has 144 valence electrons. The van der Waals surface area contributed by atoms with Crippen molar-refractivity contribution in [2.24, 2.45) is 11.7 Å². The molecule has 0 aliphatic rings. The first-order valence-corrected chi connectivity index (χ1v) is 9.37. The highest BCUT2D eigenvalue weighted by Crippen LogP contribution is 2.05. The topological polar surface area (TPSA) is 151 Å². The van der Waals surface area contributed by atoms with Crippen LogP contribution in [0.15, 0.2) is 0 Å². The molecule has 0 spiro atoms. The van der Waals surface area contributed by atoms with E-state index in [1.165, 1.54) is 0 Å². The summed E-state index contributed by atoms with van der Waals surface area (Å²) < 4.78 is 0. The number of nitrogens with two attached hydrogens (primary N) is 1. The molecule has 2 atom stereocenters. The Bertz CT molecular complexity index is 473. The van der Waals surface area contributed by atoms with Crippen LogP contribution in [-0.2, 0) is 19.2 Å². The summed E-state index contributed by atoms with van der Waals surface area (Å²) in [6, 6.07) is -1.56. The number of hydrogen-bond acceptors (Lipinski definition) is 6. The Hall–Kier alpha value is -1.81. The Morgan fingerprint density at radius 2 is 1.68 bits per heavy atom. The number of hydrogen-bond donors (Lipinski definition) is 5. The first-order valence-electron chi connectivity index (χ1n) is 7.98. The fraction of sp³-hybridized carbons (Fsp3) is 0.733. The molecule has 2 unspecified atom stereocenters. The quantitative estimate of drug-likeness (QED) is 0.290. The molecule has 10 heteroatoms. The molecule has 0 aromatic rings. The normalized spacial score (nSPS) is 13.0. The third-order valence-electron chi connectivity index (χ3n) is 3.17. The SMILES string of the molecule is CSCCC(N)C(=O)NCC(=O)NC(CC(C)C)C(=O)NCC(=O)O. The Labute approximate surface area is 151 Å². The van der Waals surface area contributed by atoms with Gasteiger partial charge in [-0.25, -0.2) is 0 Å². The van der Waals surface area contributed by atoms with Crippen molar-refractivity contribution in [3.05, 3.63) is 0 Å². The molecule has 0 heterocycles. The molecule has 0 rings (SSSR count). The summed E-state index contributed by atoms with van der Waals surface area (Å²) in [5, 5.41) is 15.8. The summed E-state index contributed by atoms with van der Waals surface area (Å²) in [4.78, 5) is 46.2. The zero-order chi connectivity index (χ0) is 19.4. The van der Waals surface area contributed by atoms with Crippen molar-refractivity contribution in [1.82, 2.24) is 16.0 Å². The zero-order valence-electron chi connectivity index (χ0n) is 14.8. The van der Waals surface area contributed by atoms with E-state index in [0.717, 1.165) is 5.75 Å². The van der Waals surface area contributed by atoms with Gasteiger partial charge in [-0.15, -0.1) is 0 Å². The van der Waals surface area contributed by atoms with Crippen LogP contribution in [0.25, 0.3) is 0 Å². The highest BCUT2D eigenvalue weighted by Gasteiger charge is 2.23. The zero-order valence-corrected chi connectivity index (χ0v) is 15.6. The van der Waals surface area contributed by atoms with Crippen molar-refractivity contribution < 1.29 is 24.3 Å². The van der Waals surface area contributed by atoms with E-state index in [-0.39, 0.29) is 12.5 Å². The predicted octanol–water partition coefficient (Wildman–Crippen LogP) is -1.09. The Morgan fingerprint density at radius 3 is 2.20 bits per heavy atom. The predicted molar refractivity (Wildman–Crippen MR) is 96.0 cm³/mol. The molecule has 0 saturated carbocycles. The smallest absolute Gasteiger partial charge is 0.322 e. The molecule has 0 saturated heterocycles. The summed E-state index contributed by atoms with van der Waals surface area (Å²) in [5.74, 6) is -1.88. The van der Waals surface area contributed by atoms with Gasteiger partial charge in [0.1, 0.15) is 12.6 Å². The number of amides is 3. The van der Waals surface area contributed by atoms with Gasteiger partial charge in [0.15, 0.2) is 0 Å². The van der Waals surface area contributed by atoms with Crippen LogP contribution >= 0.6 is 11.8 Å². The minimum absolute atomic E-state index is 0.107. The average molecular weight is 376 g/mol. The number of rotatable bonds is 12. The van der Waals surface area contributed by atoms with Crippen LogP contribution in [0.5, 0.6) is 0 Å². The maximum atomic E-state index is 12.0. The molecule has 0 aromatic heterocycles. The van der Waals surface area contributed by atoms with Gasteiger partial charge in [-0.3, -0.25) is 19.2 Å². The van der Waals surface area contributed by atoms with Crippen molar-refractivity contribution in [2.45, 2.75) is 38.8 Å². The van der Waals surface area contributed by atoms with Crippen LogP contribution in [0.3, 0.4) is 0 Å². The van der Waals surface area contributed by atoms with Gasteiger partial charge in [0.05, 0.1) is 12.6 Å². The highest BCUT2D eigenvalue weighted by atomic mass is 32.2. The maximum absolute atomic E-state index is 12.0. The lowest BCUT2D eigenvalue weighted by atomic mass is 10.0. The van der Waals surface area contributed by atoms with Gasteiger partial charge in [-0.1, -0.05) is 13.8 Å². The first-order chi connectivity index (χ1) is 11.7. The Kier molecular flexibility index (Phi) is 11.6. The van der Waals surface area contributed by atoms with E-state index in [0.29, 0.717) is 12.8 Å². The molecular weight excluding hydrogens is 348 g/mol. The van der Waals surface area contributed by atoms with Crippen molar-refractivity contribution in [1.29, 1.82) is 0 Å². The van der Waals surface area contributed by atoms with Crippen LogP contribution in [0.4, 0.5) is 0 Å². The summed E-state index contributed by atoms with van der Waals surface area (Å²) in [6.45, 7) is 2.92.